The molecule has 0 bridgehead atoms. The number of carbonyl (C=O) groups excluding carboxylic acids is 1. The lowest BCUT2D eigenvalue weighted by Gasteiger charge is -2.06. The van der Waals surface area contributed by atoms with E-state index in [2.05, 4.69) is 0 Å². The molecule has 0 aliphatic heterocycles. The number of rotatable bonds is 4. The highest BCUT2D eigenvalue weighted by Gasteiger charge is 2.09. The van der Waals surface area contributed by atoms with Crippen LogP contribution in [0.25, 0.3) is 0 Å². The lowest BCUT2D eigenvalue weighted by Crippen LogP contribution is -2.12. The monoisotopic (exact) mass is 248 g/mol. The van der Waals surface area contributed by atoms with Crippen LogP contribution < -0.4 is 4.74 Å². The van der Waals surface area contributed by atoms with Crippen LogP contribution in [-0.2, 0) is 0 Å². The van der Waals surface area contributed by atoms with Crippen LogP contribution >= 0.6 is 0 Å². The Morgan fingerprint density at radius 3 is 2.44 bits per heavy atom. The first-order valence-electron chi connectivity index (χ1n) is 5.33. The zero-order valence-corrected chi connectivity index (χ0v) is 9.40. The number of hydrogen-bond acceptors (Lipinski definition) is 2. The molecule has 2 aromatic rings. The Balaban J connectivity index is 2.02. The van der Waals surface area contributed by atoms with Crippen molar-refractivity contribution in [1.29, 1.82) is 0 Å². The largest absolute Gasteiger partial charge is 0.482 e. The molecule has 0 aliphatic rings. The van der Waals surface area contributed by atoms with E-state index in [1.807, 2.05) is 0 Å². The summed E-state index contributed by atoms with van der Waals surface area (Å²) in [5.41, 5.74) is 0.486. The van der Waals surface area contributed by atoms with E-state index in [0.717, 1.165) is 12.1 Å². The molecule has 0 aromatic heterocycles. The molecule has 0 saturated carbocycles. The van der Waals surface area contributed by atoms with E-state index in [4.69, 9.17) is 4.74 Å². The van der Waals surface area contributed by atoms with Crippen LogP contribution in [0, 0.1) is 11.6 Å². The molecule has 0 spiro atoms. The van der Waals surface area contributed by atoms with Crippen LogP contribution in [0.1, 0.15) is 10.4 Å². The maximum Gasteiger partial charge on any atom is 0.200 e. The molecule has 92 valence electrons. The van der Waals surface area contributed by atoms with Gasteiger partial charge in [0.1, 0.15) is 5.82 Å². The van der Waals surface area contributed by atoms with Crippen molar-refractivity contribution in [2.24, 2.45) is 0 Å². The zero-order chi connectivity index (χ0) is 13.0. The smallest absolute Gasteiger partial charge is 0.200 e. The summed E-state index contributed by atoms with van der Waals surface area (Å²) in [6, 6.07) is 11.5. The quantitative estimate of drug-likeness (QED) is 0.776. The van der Waals surface area contributed by atoms with E-state index in [1.165, 1.54) is 0 Å². The van der Waals surface area contributed by atoms with E-state index < -0.39 is 11.6 Å². The summed E-state index contributed by atoms with van der Waals surface area (Å²) in [6.07, 6.45) is 0. The van der Waals surface area contributed by atoms with E-state index in [1.54, 1.807) is 30.3 Å². The summed E-state index contributed by atoms with van der Waals surface area (Å²) in [5, 5.41) is 0. The molecule has 0 N–H and O–H groups in total. The van der Waals surface area contributed by atoms with E-state index in [9.17, 15) is 13.6 Å². The molecular weight excluding hydrogens is 238 g/mol. The first-order valence-corrected chi connectivity index (χ1v) is 5.33. The van der Waals surface area contributed by atoms with Crippen LogP contribution in [0.2, 0.25) is 0 Å². The van der Waals surface area contributed by atoms with Gasteiger partial charge in [0.05, 0.1) is 0 Å². The number of ether oxygens (including phenoxy) is 1. The topological polar surface area (TPSA) is 26.3 Å². The number of ketones is 1. The maximum absolute atomic E-state index is 13.2. The number of benzene rings is 2. The molecule has 0 atom stereocenters. The molecule has 0 heterocycles. The van der Waals surface area contributed by atoms with Gasteiger partial charge in [-0.25, -0.2) is 8.78 Å². The van der Waals surface area contributed by atoms with Gasteiger partial charge in [-0.3, -0.25) is 4.79 Å². The number of hydrogen-bond donors (Lipinski definition) is 0. The second-order valence-corrected chi connectivity index (χ2v) is 3.65. The highest BCUT2D eigenvalue weighted by molar-refractivity contribution is 5.97. The van der Waals surface area contributed by atoms with Gasteiger partial charge in [0.25, 0.3) is 0 Å². The Kier molecular flexibility index (Phi) is 3.67. The molecule has 2 nitrogen and oxygen atoms in total. The Morgan fingerprint density at radius 1 is 1.06 bits per heavy atom. The van der Waals surface area contributed by atoms with Crippen molar-refractivity contribution in [2.45, 2.75) is 0 Å². The molecule has 0 fully saturated rings. The number of carbonyl (C=O) groups is 1. The third kappa shape index (κ3) is 2.91. The summed E-state index contributed by atoms with van der Waals surface area (Å²) in [5.74, 6) is -1.91. The van der Waals surface area contributed by atoms with Crippen molar-refractivity contribution in [3.63, 3.8) is 0 Å². The van der Waals surface area contributed by atoms with Crippen molar-refractivity contribution in [3.05, 3.63) is 65.7 Å². The van der Waals surface area contributed by atoms with E-state index in [0.29, 0.717) is 11.6 Å². The van der Waals surface area contributed by atoms with Crippen LogP contribution in [0.15, 0.2) is 48.5 Å². The standard InChI is InChI=1S/C14H10F2O2/c15-11-6-7-14(12(16)8-11)18-9-13(17)10-4-2-1-3-5-10/h1-8H,9H2. The fourth-order valence-corrected chi connectivity index (χ4v) is 1.44. The molecule has 0 unspecified atom stereocenters. The summed E-state index contributed by atoms with van der Waals surface area (Å²) in [7, 11) is 0. The Labute approximate surface area is 103 Å². The van der Waals surface area contributed by atoms with Crippen molar-refractivity contribution in [2.75, 3.05) is 6.61 Å². The minimum Gasteiger partial charge on any atom is -0.482 e. The first kappa shape index (κ1) is 12.2. The summed E-state index contributed by atoms with van der Waals surface area (Å²) in [6.45, 7) is -0.285. The molecule has 0 aliphatic carbocycles. The predicted octanol–water partition coefficient (Wildman–Crippen LogP) is 3.23. The van der Waals surface area contributed by atoms with E-state index >= 15 is 0 Å². The fourth-order valence-electron chi connectivity index (χ4n) is 1.44. The first-order chi connectivity index (χ1) is 8.66. The average Bonchev–Trinajstić information content (AvgIpc) is 2.38. The lowest BCUT2D eigenvalue weighted by molar-refractivity contribution is 0.0918. The van der Waals surface area contributed by atoms with Gasteiger partial charge in [0, 0.05) is 11.6 Å². The van der Waals surface area contributed by atoms with Crippen molar-refractivity contribution in [3.8, 4) is 5.75 Å². The SMILES string of the molecule is O=C(COc1ccc(F)cc1F)c1ccccc1. The summed E-state index contributed by atoms with van der Waals surface area (Å²) >= 11 is 0. The van der Waals surface area contributed by atoms with Gasteiger partial charge >= 0.3 is 0 Å². The molecule has 0 radical (unpaired) electrons. The molecular formula is C14H10F2O2. The number of halogens is 2. The van der Waals surface area contributed by atoms with Crippen molar-refractivity contribution >= 4 is 5.78 Å². The van der Waals surface area contributed by atoms with Crippen LogP contribution in [0.4, 0.5) is 8.78 Å². The van der Waals surface area contributed by atoms with Gasteiger partial charge in [-0.1, -0.05) is 30.3 Å². The minimum absolute atomic E-state index is 0.138. The molecule has 2 aromatic carbocycles. The zero-order valence-electron chi connectivity index (χ0n) is 9.40. The highest BCUT2D eigenvalue weighted by atomic mass is 19.1. The predicted molar refractivity (Wildman–Crippen MR) is 62.6 cm³/mol. The Bertz CT molecular complexity index is 553. The normalized spacial score (nSPS) is 10.1. The average molecular weight is 248 g/mol. The molecule has 2 rings (SSSR count). The van der Waals surface area contributed by atoms with Gasteiger partial charge in [0.15, 0.2) is 24.0 Å². The molecule has 18 heavy (non-hydrogen) atoms. The third-order valence-corrected chi connectivity index (χ3v) is 2.35. The lowest BCUT2D eigenvalue weighted by atomic mass is 10.1. The van der Waals surface area contributed by atoms with Gasteiger partial charge < -0.3 is 4.74 Å². The van der Waals surface area contributed by atoms with Crippen LogP contribution in [-0.4, -0.2) is 12.4 Å². The molecule has 4 heteroatoms. The van der Waals surface area contributed by atoms with Gasteiger partial charge in [-0.15, -0.1) is 0 Å². The molecule has 0 saturated heterocycles. The third-order valence-electron chi connectivity index (χ3n) is 2.35. The second kappa shape index (κ2) is 5.40. The van der Waals surface area contributed by atoms with Gasteiger partial charge in [-0.05, 0) is 12.1 Å². The molecule has 0 amide bonds. The minimum atomic E-state index is -0.823. The van der Waals surface area contributed by atoms with Gasteiger partial charge in [0.2, 0.25) is 0 Å². The maximum atomic E-state index is 13.2. The van der Waals surface area contributed by atoms with Crippen molar-refractivity contribution in [1.82, 2.24) is 0 Å². The van der Waals surface area contributed by atoms with Crippen molar-refractivity contribution < 1.29 is 18.3 Å². The Hall–Kier alpha value is -2.23. The number of Topliss-reactive ketones (excluding diaryl/α,β-unsaturated/α-hetero) is 1. The fraction of sp³-hybridized carbons (Fsp3) is 0.0714. The summed E-state index contributed by atoms with van der Waals surface area (Å²) in [4.78, 5) is 11.7. The second-order valence-electron chi connectivity index (χ2n) is 3.65. The highest BCUT2D eigenvalue weighted by Crippen LogP contribution is 2.17. The van der Waals surface area contributed by atoms with Crippen LogP contribution in [0.3, 0.4) is 0 Å². The van der Waals surface area contributed by atoms with Crippen LogP contribution in [0.5, 0.6) is 5.75 Å². The van der Waals surface area contributed by atoms with E-state index in [-0.39, 0.29) is 18.1 Å². The van der Waals surface area contributed by atoms with Gasteiger partial charge in [-0.2, -0.15) is 0 Å². The summed E-state index contributed by atoms with van der Waals surface area (Å²) < 4.78 is 30.9. The Morgan fingerprint density at radius 2 is 1.78 bits per heavy atom.